The highest BCUT2D eigenvalue weighted by molar-refractivity contribution is 5.93. The Kier molecular flexibility index (Phi) is 5.20. The van der Waals surface area contributed by atoms with Crippen LogP contribution in [0.15, 0.2) is 24.3 Å². The molecule has 1 heterocycles. The lowest BCUT2D eigenvalue weighted by molar-refractivity contribution is -0.469. The maximum atomic E-state index is 12.7. The molecule has 24 heavy (non-hydrogen) atoms. The van der Waals surface area contributed by atoms with Gasteiger partial charge in [0, 0.05) is 29.6 Å². The zero-order valence-corrected chi connectivity index (χ0v) is 14.0. The Morgan fingerprint density at radius 2 is 1.96 bits per heavy atom. The van der Waals surface area contributed by atoms with Crippen molar-refractivity contribution in [3.05, 3.63) is 40.6 Å². The topological polar surface area (TPSA) is 109 Å². The summed E-state index contributed by atoms with van der Waals surface area (Å²) in [4.78, 5) is 25.0. The van der Waals surface area contributed by atoms with E-state index in [2.05, 4.69) is 10.6 Å². The number of aromatic nitrogens is 2. The second-order valence-electron chi connectivity index (χ2n) is 6.47. The number of benzene rings is 1. The lowest BCUT2D eigenvalue weighted by atomic mass is 10.1. The predicted octanol–water partition coefficient (Wildman–Crippen LogP) is 0.403. The van der Waals surface area contributed by atoms with Crippen LogP contribution in [0.1, 0.15) is 37.0 Å². The van der Waals surface area contributed by atoms with Gasteiger partial charge in [0.05, 0.1) is 11.0 Å². The fraction of sp³-hybridized carbons (Fsp3) is 0.438. The van der Waals surface area contributed by atoms with Gasteiger partial charge in [0.15, 0.2) is 11.2 Å². The average molecular weight is 335 g/mol. The van der Waals surface area contributed by atoms with Crippen molar-refractivity contribution >= 4 is 16.9 Å². The van der Waals surface area contributed by atoms with E-state index >= 15 is 0 Å². The summed E-state index contributed by atoms with van der Waals surface area (Å²) in [5.41, 5.74) is 0.145. The van der Waals surface area contributed by atoms with E-state index in [-0.39, 0.29) is 42.1 Å². The molecule has 0 saturated carbocycles. The van der Waals surface area contributed by atoms with E-state index in [1.165, 1.54) is 6.07 Å². The lowest BCUT2D eigenvalue weighted by Crippen LogP contribution is -2.42. The van der Waals surface area contributed by atoms with Crippen molar-refractivity contribution < 1.29 is 19.5 Å². The molecule has 0 saturated heterocycles. The van der Waals surface area contributed by atoms with Gasteiger partial charge in [-0.3, -0.25) is 4.79 Å². The molecule has 2 aromatic rings. The van der Waals surface area contributed by atoms with Crippen molar-refractivity contribution in [1.82, 2.24) is 15.4 Å². The number of nitrogens with one attached hydrogen (secondary N) is 2. The van der Waals surface area contributed by atoms with E-state index in [9.17, 15) is 14.9 Å². The number of carbonyl (C=O) groups excluding carboxylic acids is 1. The van der Waals surface area contributed by atoms with Crippen LogP contribution in [0.5, 0.6) is 0 Å². The maximum Gasteiger partial charge on any atom is 0.351 e. The summed E-state index contributed by atoms with van der Waals surface area (Å²) < 4.78 is 1.37. The third-order valence-electron chi connectivity index (χ3n) is 3.46. The molecule has 0 spiro atoms. The quantitative estimate of drug-likeness (QED) is 0.467. The number of aliphatic hydroxyl groups is 1. The molecule has 0 aliphatic carbocycles. The first-order valence-corrected chi connectivity index (χ1v) is 7.69. The van der Waals surface area contributed by atoms with Crippen molar-refractivity contribution in [2.45, 2.75) is 32.9 Å². The zero-order chi connectivity index (χ0) is 17.9. The van der Waals surface area contributed by atoms with Crippen LogP contribution in [0.2, 0.25) is 0 Å². The van der Waals surface area contributed by atoms with Gasteiger partial charge in [0.1, 0.15) is 0 Å². The Labute approximate surface area is 139 Å². The number of carbonyl (C=O) groups is 1. The molecule has 0 aliphatic heterocycles. The number of para-hydroxylation sites is 2. The van der Waals surface area contributed by atoms with Gasteiger partial charge < -0.3 is 20.9 Å². The normalized spacial score (nSPS) is 11.7. The van der Waals surface area contributed by atoms with Gasteiger partial charge in [0.2, 0.25) is 0 Å². The minimum absolute atomic E-state index is 0.0171. The molecule has 1 amide bonds. The fourth-order valence-corrected chi connectivity index (χ4v) is 2.28. The number of amides is 1. The highest BCUT2D eigenvalue weighted by Crippen LogP contribution is 2.15. The van der Waals surface area contributed by atoms with Gasteiger partial charge >= 0.3 is 11.6 Å². The van der Waals surface area contributed by atoms with E-state index in [1.54, 1.807) is 18.2 Å². The maximum absolute atomic E-state index is 12.7. The van der Waals surface area contributed by atoms with Crippen LogP contribution in [0, 0.1) is 4.91 Å². The molecule has 0 bridgehead atoms. The molecule has 8 heteroatoms. The van der Waals surface area contributed by atoms with Gasteiger partial charge in [-0.25, -0.2) is 0 Å². The van der Waals surface area contributed by atoms with Gasteiger partial charge in [-0.1, -0.05) is 12.1 Å². The number of hydrogen-bond acceptors (Lipinski definition) is 5. The standard InChI is InChI=1S/C16H22N4O4/c1-16(2,3)18-10-13-14(15(22)17-8-9-21)20(24)12-7-5-4-6-11(12)19(13)23/h4-7,18,21,23H,8-10H2,1-3H3/p+1. The summed E-state index contributed by atoms with van der Waals surface area (Å²) in [5, 5.41) is 25.0. The molecule has 4 N–H and O–H groups in total. The monoisotopic (exact) mass is 335 g/mol. The molecule has 1 aromatic heterocycles. The number of rotatable bonds is 5. The van der Waals surface area contributed by atoms with Crippen LogP contribution in [-0.2, 0) is 6.54 Å². The van der Waals surface area contributed by atoms with Crippen molar-refractivity contribution in [3.8, 4) is 0 Å². The summed E-state index contributed by atoms with van der Waals surface area (Å²) in [6, 6.07) is 6.47. The van der Waals surface area contributed by atoms with Crippen LogP contribution in [0.3, 0.4) is 0 Å². The zero-order valence-electron chi connectivity index (χ0n) is 14.0. The van der Waals surface area contributed by atoms with Gasteiger partial charge in [-0.15, -0.1) is 0 Å². The molecule has 0 fully saturated rings. The van der Waals surface area contributed by atoms with Gasteiger partial charge in [0.25, 0.3) is 5.52 Å². The SMILES string of the molecule is CC(C)(C)NCc1c(C(=O)NCCO)[n+](=O)c2ccccc2n1O. The summed E-state index contributed by atoms with van der Waals surface area (Å²) in [6.45, 7) is 5.70. The van der Waals surface area contributed by atoms with Crippen molar-refractivity contribution in [3.63, 3.8) is 0 Å². The smallest absolute Gasteiger partial charge is 0.351 e. The Bertz CT molecular complexity index is 808. The Morgan fingerprint density at radius 3 is 2.58 bits per heavy atom. The minimum atomic E-state index is -0.654. The van der Waals surface area contributed by atoms with Gasteiger partial charge in [-0.05, 0) is 26.8 Å². The predicted molar refractivity (Wildman–Crippen MR) is 88.5 cm³/mol. The molecular weight excluding hydrogens is 312 g/mol. The highest BCUT2D eigenvalue weighted by atomic mass is 16.5. The van der Waals surface area contributed by atoms with E-state index in [0.717, 1.165) is 4.73 Å². The van der Waals surface area contributed by atoms with Crippen LogP contribution in [0.25, 0.3) is 11.0 Å². The Hall–Kier alpha value is -2.45. The molecule has 130 valence electrons. The number of aliphatic hydroxyl groups excluding tert-OH is 1. The molecule has 8 nitrogen and oxygen atoms in total. The Balaban J connectivity index is 2.64. The van der Waals surface area contributed by atoms with Gasteiger partial charge in [-0.2, -0.15) is 4.73 Å². The number of hydrogen-bond donors (Lipinski definition) is 4. The first kappa shape index (κ1) is 17.9. The summed E-state index contributed by atoms with van der Waals surface area (Å²) >= 11 is 0. The largest absolute Gasteiger partial charge is 0.428 e. The highest BCUT2D eigenvalue weighted by Gasteiger charge is 2.31. The third-order valence-corrected chi connectivity index (χ3v) is 3.46. The minimum Gasteiger partial charge on any atom is -0.428 e. The van der Waals surface area contributed by atoms with E-state index < -0.39 is 5.91 Å². The van der Waals surface area contributed by atoms with E-state index in [4.69, 9.17) is 5.11 Å². The van der Waals surface area contributed by atoms with Crippen molar-refractivity contribution in [2.24, 2.45) is 0 Å². The second-order valence-corrected chi connectivity index (χ2v) is 6.47. The number of fused-ring (bicyclic) bond motifs is 1. The molecule has 0 atom stereocenters. The summed E-state index contributed by atoms with van der Waals surface area (Å²) in [6.07, 6.45) is 0. The first-order valence-electron chi connectivity index (χ1n) is 7.69. The lowest BCUT2D eigenvalue weighted by Gasteiger charge is -2.21. The molecular formula is C16H23N4O4+. The van der Waals surface area contributed by atoms with Crippen molar-refractivity contribution in [1.29, 1.82) is 0 Å². The summed E-state index contributed by atoms with van der Waals surface area (Å²) in [7, 11) is 0. The van der Waals surface area contributed by atoms with Crippen LogP contribution in [0.4, 0.5) is 0 Å². The number of nitrogens with zero attached hydrogens (tertiary/aromatic N) is 2. The first-order chi connectivity index (χ1) is 11.3. The third kappa shape index (κ3) is 3.72. The van der Waals surface area contributed by atoms with E-state index in [0.29, 0.717) is 9.94 Å². The molecule has 0 aliphatic rings. The van der Waals surface area contributed by atoms with E-state index in [1.807, 2.05) is 20.8 Å². The Morgan fingerprint density at radius 1 is 1.29 bits per heavy atom. The van der Waals surface area contributed by atoms with Crippen LogP contribution in [-0.4, -0.2) is 39.6 Å². The fourth-order valence-electron chi connectivity index (χ4n) is 2.28. The van der Waals surface area contributed by atoms with Crippen LogP contribution < -0.4 is 15.1 Å². The molecule has 2 rings (SSSR count). The van der Waals surface area contributed by atoms with Crippen LogP contribution >= 0.6 is 0 Å². The second kappa shape index (κ2) is 6.98. The molecule has 0 radical (unpaired) electrons. The molecule has 1 aromatic carbocycles. The molecule has 0 unspecified atom stereocenters. The average Bonchev–Trinajstić information content (AvgIpc) is 2.53. The van der Waals surface area contributed by atoms with Crippen molar-refractivity contribution in [2.75, 3.05) is 13.2 Å². The summed E-state index contributed by atoms with van der Waals surface area (Å²) in [5.74, 6) is -0.654.